The quantitative estimate of drug-likeness (QED) is 0.570. The molecule has 0 aliphatic rings. The molecule has 0 amide bonds. The van der Waals surface area contributed by atoms with E-state index in [-0.39, 0.29) is 5.82 Å². The van der Waals surface area contributed by atoms with E-state index >= 15 is 0 Å². The van der Waals surface area contributed by atoms with Crippen LogP contribution < -0.4 is 10.6 Å². The lowest BCUT2D eigenvalue weighted by molar-refractivity contribution is 0.628. The molecule has 4 aromatic rings. The van der Waals surface area contributed by atoms with Crippen molar-refractivity contribution in [3.63, 3.8) is 0 Å². The minimum Gasteiger partial charge on any atom is -0.350 e. The molecule has 0 unspecified atom stereocenters. The van der Waals surface area contributed by atoms with Gasteiger partial charge in [-0.25, -0.2) is 14.4 Å². The van der Waals surface area contributed by atoms with E-state index in [4.69, 9.17) is 0 Å². The Morgan fingerprint density at radius 1 is 0.846 bits per heavy atom. The van der Waals surface area contributed by atoms with Crippen molar-refractivity contribution in [1.82, 2.24) is 19.9 Å². The fraction of sp³-hybridized carbons (Fsp3) is 0.0526. The summed E-state index contributed by atoms with van der Waals surface area (Å²) in [6, 6.07) is 16.0. The van der Waals surface area contributed by atoms with Gasteiger partial charge in [-0.1, -0.05) is 30.3 Å². The zero-order valence-electron chi connectivity index (χ0n) is 13.7. The van der Waals surface area contributed by atoms with Crippen LogP contribution in [0.25, 0.3) is 11.2 Å². The van der Waals surface area contributed by atoms with Gasteiger partial charge in [-0.2, -0.15) is 9.97 Å². The fourth-order valence-electron chi connectivity index (χ4n) is 2.48. The number of anilines is 3. The minimum absolute atomic E-state index is 0.298. The normalized spacial score (nSPS) is 10.7. The summed E-state index contributed by atoms with van der Waals surface area (Å²) >= 11 is 0. The number of halogens is 1. The van der Waals surface area contributed by atoms with E-state index in [1.165, 1.54) is 12.1 Å². The lowest BCUT2D eigenvalue weighted by Gasteiger charge is -2.11. The second kappa shape index (κ2) is 7.10. The van der Waals surface area contributed by atoms with Crippen LogP contribution >= 0.6 is 0 Å². The van der Waals surface area contributed by atoms with Crippen LogP contribution in [0.3, 0.4) is 0 Å². The van der Waals surface area contributed by atoms with Crippen molar-refractivity contribution in [2.24, 2.45) is 0 Å². The molecule has 2 aromatic carbocycles. The van der Waals surface area contributed by atoms with Crippen LogP contribution in [-0.4, -0.2) is 19.9 Å². The predicted molar refractivity (Wildman–Crippen MR) is 98.6 cm³/mol. The Morgan fingerprint density at radius 2 is 1.62 bits per heavy atom. The molecule has 6 nitrogen and oxygen atoms in total. The number of rotatable bonds is 5. The van der Waals surface area contributed by atoms with Crippen LogP contribution in [0.1, 0.15) is 5.56 Å². The van der Waals surface area contributed by atoms with E-state index in [9.17, 15) is 4.39 Å². The summed E-state index contributed by atoms with van der Waals surface area (Å²) in [5.74, 6) is 0.643. The number of hydrogen-bond donors (Lipinski definition) is 2. The average molecular weight is 346 g/mol. The van der Waals surface area contributed by atoms with E-state index in [2.05, 4.69) is 30.6 Å². The number of benzene rings is 2. The Hall–Kier alpha value is -3.61. The van der Waals surface area contributed by atoms with Gasteiger partial charge in [0.1, 0.15) is 5.82 Å². The molecule has 0 fully saturated rings. The molecule has 0 radical (unpaired) electrons. The lowest BCUT2D eigenvalue weighted by Crippen LogP contribution is -2.07. The number of nitrogens with zero attached hydrogens (tertiary/aromatic N) is 4. The van der Waals surface area contributed by atoms with Gasteiger partial charge in [-0.15, -0.1) is 0 Å². The molecule has 0 bridgehead atoms. The average Bonchev–Trinajstić information content (AvgIpc) is 2.69. The third kappa shape index (κ3) is 3.56. The molecule has 0 aliphatic heterocycles. The first-order chi connectivity index (χ1) is 12.8. The van der Waals surface area contributed by atoms with Crippen molar-refractivity contribution < 1.29 is 4.39 Å². The van der Waals surface area contributed by atoms with Gasteiger partial charge in [0.25, 0.3) is 0 Å². The Bertz CT molecular complexity index is 1020. The van der Waals surface area contributed by atoms with Gasteiger partial charge in [-0.3, -0.25) is 0 Å². The number of nitrogens with one attached hydrogen (secondary N) is 2. The first kappa shape index (κ1) is 15.9. The molecule has 7 heteroatoms. The van der Waals surface area contributed by atoms with Crippen molar-refractivity contribution in [2.45, 2.75) is 6.54 Å². The predicted octanol–water partition coefficient (Wildman–Crippen LogP) is 3.91. The third-order valence-electron chi connectivity index (χ3n) is 3.73. The molecule has 4 rings (SSSR count). The Kier molecular flexibility index (Phi) is 4.34. The van der Waals surface area contributed by atoms with Crippen molar-refractivity contribution in [2.75, 3.05) is 10.6 Å². The van der Waals surface area contributed by atoms with E-state index < -0.39 is 0 Å². The van der Waals surface area contributed by atoms with E-state index in [1.807, 2.05) is 30.3 Å². The van der Waals surface area contributed by atoms with Crippen molar-refractivity contribution >= 4 is 28.6 Å². The molecule has 26 heavy (non-hydrogen) atoms. The summed E-state index contributed by atoms with van der Waals surface area (Å²) in [6.07, 6.45) is 3.16. The third-order valence-corrected chi connectivity index (χ3v) is 3.73. The molecule has 2 heterocycles. The largest absolute Gasteiger partial charge is 0.350 e. The summed E-state index contributed by atoms with van der Waals surface area (Å²) in [7, 11) is 0. The molecule has 0 aliphatic carbocycles. The number of fused-ring (bicyclic) bond motifs is 1. The first-order valence-electron chi connectivity index (χ1n) is 8.07. The fourth-order valence-corrected chi connectivity index (χ4v) is 2.48. The SMILES string of the molecule is Fc1ccc(Nc2nc(NCc3ccccc3)nc3nccnc23)cc1. The summed E-state index contributed by atoms with van der Waals surface area (Å²) in [4.78, 5) is 17.5. The number of hydrogen-bond acceptors (Lipinski definition) is 6. The molecule has 2 aromatic heterocycles. The molecule has 0 saturated heterocycles. The Morgan fingerprint density at radius 3 is 2.42 bits per heavy atom. The van der Waals surface area contributed by atoms with Crippen LogP contribution in [0.5, 0.6) is 0 Å². The minimum atomic E-state index is -0.298. The maximum absolute atomic E-state index is 13.1. The van der Waals surface area contributed by atoms with Gasteiger partial charge >= 0.3 is 0 Å². The van der Waals surface area contributed by atoms with Crippen LogP contribution in [0.4, 0.5) is 21.8 Å². The van der Waals surface area contributed by atoms with Gasteiger partial charge in [0.15, 0.2) is 17.0 Å². The highest BCUT2D eigenvalue weighted by molar-refractivity contribution is 5.85. The highest BCUT2D eigenvalue weighted by Gasteiger charge is 2.10. The van der Waals surface area contributed by atoms with Gasteiger partial charge in [-0.05, 0) is 29.8 Å². The molecular weight excluding hydrogens is 331 g/mol. The second-order valence-electron chi connectivity index (χ2n) is 5.60. The summed E-state index contributed by atoms with van der Waals surface area (Å²) in [5.41, 5.74) is 2.83. The maximum Gasteiger partial charge on any atom is 0.227 e. The molecule has 2 N–H and O–H groups in total. The lowest BCUT2D eigenvalue weighted by atomic mass is 10.2. The van der Waals surface area contributed by atoms with Crippen LogP contribution in [-0.2, 0) is 6.54 Å². The summed E-state index contributed by atoms with van der Waals surface area (Å²) < 4.78 is 13.1. The molecule has 128 valence electrons. The van der Waals surface area contributed by atoms with Gasteiger partial charge in [0.05, 0.1) is 0 Å². The van der Waals surface area contributed by atoms with Crippen molar-refractivity contribution in [3.8, 4) is 0 Å². The molecule has 0 atom stereocenters. The van der Waals surface area contributed by atoms with Gasteiger partial charge < -0.3 is 10.6 Å². The number of aromatic nitrogens is 4. The van der Waals surface area contributed by atoms with Gasteiger partial charge in [0, 0.05) is 24.6 Å². The van der Waals surface area contributed by atoms with Crippen molar-refractivity contribution in [1.29, 1.82) is 0 Å². The van der Waals surface area contributed by atoms with Crippen LogP contribution in [0, 0.1) is 5.82 Å². The van der Waals surface area contributed by atoms with Gasteiger partial charge in [0.2, 0.25) is 5.95 Å². The monoisotopic (exact) mass is 346 g/mol. The van der Waals surface area contributed by atoms with Crippen LogP contribution in [0.2, 0.25) is 0 Å². The first-order valence-corrected chi connectivity index (χ1v) is 8.07. The second-order valence-corrected chi connectivity index (χ2v) is 5.60. The summed E-state index contributed by atoms with van der Waals surface area (Å²) in [6.45, 7) is 0.586. The zero-order chi connectivity index (χ0) is 17.8. The molecule has 0 saturated carbocycles. The van der Waals surface area contributed by atoms with E-state index in [0.717, 1.165) is 5.56 Å². The highest BCUT2D eigenvalue weighted by atomic mass is 19.1. The molecular formula is C19H15FN6. The Balaban J connectivity index is 1.65. The smallest absolute Gasteiger partial charge is 0.227 e. The highest BCUT2D eigenvalue weighted by Crippen LogP contribution is 2.22. The Labute approximate surface area is 149 Å². The standard InChI is InChI=1S/C19H15FN6/c20-14-6-8-15(9-7-14)24-18-16-17(22-11-10-21-16)25-19(26-18)23-12-13-4-2-1-3-5-13/h1-11H,12H2,(H2,22,23,24,25,26). The zero-order valence-corrected chi connectivity index (χ0v) is 13.7. The van der Waals surface area contributed by atoms with E-state index in [0.29, 0.717) is 35.2 Å². The van der Waals surface area contributed by atoms with E-state index in [1.54, 1.807) is 24.5 Å². The maximum atomic E-state index is 13.1. The van der Waals surface area contributed by atoms with Crippen molar-refractivity contribution in [3.05, 3.63) is 78.4 Å². The topological polar surface area (TPSA) is 75.6 Å². The van der Waals surface area contributed by atoms with Crippen LogP contribution in [0.15, 0.2) is 67.0 Å². The molecule has 0 spiro atoms. The summed E-state index contributed by atoms with van der Waals surface area (Å²) in [5, 5.41) is 6.35.